The molecule has 0 aromatic rings. The van der Waals surface area contributed by atoms with Crippen molar-refractivity contribution < 1.29 is 24.5 Å². The average Bonchev–Trinajstić information content (AvgIpc) is 2.09. The fourth-order valence-corrected chi connectivity index (χ4v) is 0.460. The normalized spacial score (nSPS) is 10.8. The van der Waals surface area contributed by atoms with Crippen molar-refractivity contribution in [2.45, 2.75) is 0 Å². The van der Waals surface area contributed by atoms with Crippen LogP contribution in [0.25, 0.3) is 0 Å². The van der Waals surface area contributed by atoms with Gasteiger partial charge in [-0.3, -0.25) is 0 Å². The lowest BCUT2D eigenvalue weighted by atomic mass is 10.5. The highest BCUT2D eigenvalue weighted by Crippen LogP contribution is 1.83. The predicted molar refractivity (Wildman–Crippen MR) is 44.0 cm³/mol. The summed E-state index contributed by atoms with van der Waals surface area (Å²) in [6, 6.07) is 0. The molecule has 0 fully saturated rings. The Bertz CT molecular complexity index is 229. The van der Waals surface area contributed by atoms with Crippen LogP contribution in [0.3, 0.4) is 0 Å². The van der Waals surface area contributed by atoms with Crippen LogP contribution in [0.1, 0.15) is 0 Å². The Hall–Kier alpha value is -1.62. The van der Waals surface area contributed by atoms with Crippen molar-refractivity contribution in [1.29, 1.82) is 0 Å². The van der Waals surface area contributed by atoms with Gasteiger partial charge in [0.1, 0.15) is 6.61 Å². The van der Waals surface area contributed by atoms with Crippen LogP contribution in [-0.2, 0) is 14.3 Å². The van der Waals surface area contributed by atoms with Gasteiger partial charge in [0.05, 0.1) is 6.61 Å². The molecule has 0 aromatic heterocycles. The van der Waals surface area contributed by atoms with Gasteiger partial charge in [-0.05, 0) is 6.08 Å². The maximum absolute atomic E-state index is 10.6. The molecule has 0 amide bonds. The molecule has 0 heterocycles. The van der Waals surface area contributed by atoms with Crippen molar-refractivity contribution in [2.24, 2.45) is 0 Å². The summed E-state index contributed by atoms with van der Waals surface area (Å²) in [7, 11) is 0. The fraction of sp³-hybridized carbons (Fsp3) is 0.250. The maximum Gasteiger partial charge on any atom is 0.331 e. The number of carbonyl (C=O) groups excluding carboxylic acids is 1. The number of carboxylic acids is 1. The maximum atomic E-state index is 10.6. The van der Waals surface area contributed by atoms with Crippen LogP contribution in [0.4, 0.5) is 0 Å². The lowest BCUT2D eigenvalue weighted by Crippen LogP contribution is -2.01. The van der Waals surface area contributed by atoms with E-state index in [0.717, 1.165) is 6.08 Å². The lowest BCUT2D eigenvalue weighted by Gasteiger charge is -1.94. The van der Waals surface area contributed by atoms with Gasteiger partial charge >= 0.3 is 11.9 Å². The lowest BCUT2D eigenvalue weighted by molar-refractivity contribution is -0.137. The van der Waals surface area contributed by atoms with Gasteiger partial charge in [0.15, 0.2) is 0 Å². The van der Waals surface area contributed by atoms with Crippen LogP contribution >= 0.6 is 0 Å². The van der Waals surface area contributed by atoms with Gasteiger partial charge < -0.3 is 14.9 Å². The molecule has 0 aliphatic rings. The SMILES string of the molecule is O=C(O)/C=C\C(=O)OCC=CCO. The molecule has 13 heavy (non-hydrogen) atoms. The molecule has 0 aliphatic heterocycles. The van der Waals surface area contributed by atoms with Crippen molar-refractivity contribution in [1.82, 2.24) is 0 Å². The standard InChI is InChI=1S/C8H10O5/c9-5-1-2-6-13-8(12)4-3-7(10)11/h1-4,9H,5-6H2,(H,10,11)/b2-1?,4-3-. The van der Waals surface area contributed by atoms with E-state index in [1.165, 1.54) is 12.2 Å². The van der Waals surface area contributed by atoms with Crippen molar-refractivity contribution in [3.8, 4) is 0 Å². The minimum absolute atomic E-state index is 0.0172. The summed E-state index contributed by atoms with van der Waals surface area (Å²) in [4.78, 5) is 20.6. The molecule has 0 saturated carbocycles. The molecular formula is C8H10O5. The van der Waals surface area contributed by atoms with Gasteiger partial charge in [0.2, 0.25) is 0 Å². The highest BCUT2D eigenvalue weighted by Gasteiger charge is 1.95. The summed E-state index contributed by atoms with van der Waals surface area (Å²) < 4.78 is 4.51. The van der Waals surface area contributed by atoms with E-state index in [9.17, 15) is 9.59 Å². The quantitative estimate of drug-likeness (QED) is 0.350. The van der Waals surface area contributed by atoms with Gasteiger partial charge in [-0.15, -0.1) is 0 Å². The molecular weight excluding hydrogens is 176 g/mol. The van der Waals surface area contributed by atoms with E-state index in [2.05, 4.69) is 4.74 Å². The first-order valence-electron chi connectivity index (χ1n) is 3.50. The number of aliphatic hydroxyl groups excluding tert-OH is 1. The topological polar surface area (TPSA) is 83.8 Å². The van der Waals surface area contributed by atoms with Crippen molar-refractivity contribution in [3.63, 3.8) is 0 Å². The number of carboxylic acid groups (broad SMARTS) is 1. The van der Waals surface area contributed by atoms with Crippen LogP contribution in [-0.4, -0.2) is 35.4 Å². The molecule has 0 radical (unpaired) electrons. The Morgan fingerprint density at radius 2 is 1.92 bits per heavy atom. The first-order chi connectivity index (χ1) is 6.16. The zero-order valence-corrected chi connectivity index (χ0v) is 6.84. The molecule has 5 heteroatoms. The van der Waals surface area contributed by atoms with Crippen molar-refractivity contribution >= 4 is 11.9 Å². The minimum atomic E-state index is -1.21. The van der Waals surface area contributed by atoms with Gasteiger partial charge in [0.25, 0.3) is 0 Å². The molecule has 0 bridgehead atoms. The largest absolute Gasteiger partial charge is 0.478 e. The summed E-state index contributed by atoms with van der Waals surface area (Å²) in [6.45, 7) is -0.105. The second-order valence-electron chi connectivity index (χ2n) is 1.96. The highest BCUT2D eigenvalue weighted by atomic mass is 16.5. The predicted octanol–water partition coefficient (Wildman–Crippen LogP) is -0.281. The number of hydrogen-bond donors (Lipinski definition) is 2. The fourth-order valence-electron chi connectivity index (χ4n) is 0.460. The number of rotatable bonds is 5. The van der Waals surface area contributed by atoms with Gasteiger partial charge in [0, 0.05) is 12.2 Å². The molecule has 0 rings (SSSR count). The zero-order valence-electron chi connectivity index (χ0n) is 6.84. The summed E-state index contributed by atoms with van der Waals surface area (Å²) in [5.41, 5.74) is 0. The van der Waals surface area contributed by atoms with Crippen LogP contribution in [0, 0.1) is 0 Å². The average molecular weight is 186 g/mol. The molecule has 0 aromatic carbocycles. The smallest absolute Gasteiger partial charge is 0.331 e. The summed E-state index contributed by atoms with van der Waals surface area (Å²) in [5.74, 6) is -1.94. The number of aliphatic carboxylic acids is 1. The van der Waals surface area contributed by atoms with Crippen LogP contribution in [0.2, 0.25) is 0 Å². The summed E-state index contributed by atoms with van der Waals surface area (Å²) >= 11 is 0. The number of esters is 1. The zero-order chi connectivity index (χ0) is 10.1. The number of ether oxygens (including phenoxy) is 1. The van der Waals surface area contributed by atoms with Crippen LogP contribution < -0.4 is 0 Å². The molecule has 2 N–H and O–H groups in total. The van der Waals surface area contributed by atoms with E-state index in [0.29, 0.717) is 6.08 Å². The molecule has 0 unspecified atom stereocenters. The molecule has 72 valence electrons. The highest BCUT2D eigenvalue weighted by molar-refractivity contribution is 5.90. The Morgan fingerprint density at radius 1 is 1.23 bits per heavy atom. The van der Waals surface area contributed by atoms with Crippen LogP contribution in [0.5, 0.6) is 0 Å². The number of carbonyl (C=O) groups is 2. The van der Waals surface area contributed by atoms with E-state index in [1.54, 1.807) is 0 Å². The monoisotopic (exact) mass is 186 g/mol. The first-order valence-corrected chi connectivity index (χ1v) is 3.50. The molecule has 0 saturated heterocycles. The Morgan fingerprint density at radius 3 is 2.46 bits per heavy atom. The molecule has 0 atom stereocenters. The molecule has 0 spiro atoms. The Balaban J connectivity index is 3.63. The second kappa shape index (κ2) is 7.05. The van der Waals surface area contributed by atoms with Gasteiger partial charge in [-0.25, -0.2) is 9.59 Å². The third-order valence-electron chi connectivity index (χ3n) is 0.956. The minimum Gasteiger partial charge on any atom is -0.478 e. The Labute approximate surface area is 74.9 Å². The van der Waals surface area contributed by atoms with E-state index in [1.807, 2.05) is 0 Å². The van der Waals surface area contributed by atoms with Gasteiger partial charge in [-0.1, -0.05) is 6.08 Å². The summed E-state index contributed by atoms with van der Waals surface area (Å²) in [6.07, 6.45) is 4.37. The van der Waals surface area contributed by atoms with Crippen molar-refractivity contribution in [2.75, 3.05) is 13.2 Å². The molecule has 0 aliphatic carbocycles. The third-order valence-corrected chi connectivity index (χ3v) is 0.956. The van der Waals surface area contributed by atoms with Crippen molar-refractivity contribution in [3.05, 3.63) is 24.3 Å². The molecule has 5 nitrogen and oxygen atoms in total. The van der Waals surface area contributed by atoms with Gasteiger partial charge in [-0.2, -0.15) is 0 Å². The second-order valence-corrected chi connectivity index (χ2v) is 1.96. The third kappa shape index (κ3) is 8.28. The van der Waals surface area contributed by atoms with Crippen LogP contribution in [0.15, 0.2) is 24.3 Å². The number of aliphatic hydroxyl groups is 1. The summed E-state index contributed by atoms with van der Waals surface area (Å²) in [5, 5.41) is 16.4. The Kier molecular flexibility index (Phi) is 6.17. The van der Waals surface area contributed by atoms with E-state index < -0.39 is 11.9 Å². The van der Waals surface area contributed by atoms with E-state index in [4.69, 9.17) is 10.2 Å². The first kappa shape index (κ1) is 11.4. The number of hydrogen-bond acceptors (Lipinski definition) is 4. The van der Waals surface area contributed by atoms with E-state index in [-0.39, 0.29) is 13.2 Å². The van der Waals surface area contributed by atoms with E-state index >= 15 is 0 Å².